The number of hydrogen-bond donors (Lipinski definition) is 8. The van der Waals surface area contributed by atoms with Crippen LogP contribution in [0, 0.1) is 35.5 Å². The summed E-state index contributed by atoms with van der Waals surface area (Å²) < 4.78 is 0.760. The molecule has 12 aromatic rings. The number of anilines is 8. The van der Waals surface area contributed by atoms with Crippen LogP contribution in [0.2, 0.25) is 15.1 Å². The molecule has 4 aliphatic heterocycles. The number of aryl methyl sites for hydroxylation is 3. The van der Waals surface area contributed by atoms with E-state index in [0.717, 1.165) is 166 Å². The molecule has 4 saturated heterocycles. The summed E-state index contributed by atoms with van der Waals surface area (Å²) in [4.78, 5) is 51.0. The fraction of sp³-hybridized carbons (Fsp3) is 0.368. The number of nitrogens with zero attached hydrogens (tertiary/aromatic N) is 21. The molecule has 29 nitrogen and oxygen atoms in total. The number of nitrogens with two attached hydrogens (primary N) is 8. The third-order valence-electron chi connectivity index (χ3n) is 26.0. The zero-order valence-electron chi connectivity index (χ0n) is 68.7. The van der Waals surface area contributed by atoms with Crippen LogP contribution in [-0.4, -0.2) is 138 Å². The van der Waals surface area contributed by atoms with Crippen molar-refractivity contribution in [3.8, 4) is 0 Å². The van der Waals surface area contributed by atoms with Crippen molar-refractivity contribution >= 4 is 145 Å². The Morgan fingerprint density at radius 1 is 0.379 bits per heavy atom. The fourth-order valence-corrected chi connectivity index (χ4v) is 22.8. The van der Waals surface area contributed by atoms with Crippen molar-refractivity contribution in [1.29, 1.82) is 0 Å². The minimum absolute atomic E-state index is 0.0361. The first-order valence-electron chi connectivity index (χ1n) is 41.3. The minimum Gasteiger partial charge on any atom is -0.383 e. The fourth-order valence-electron chi connectivity index (χ4n) is 18.7. The lowest BCUT2D eigenvalue weighted by Crippen LogP contribution is -2.45. The molecule has 4 atom stereocenters. The highest BCUT2D eigenvalue weighted by Gasteiger charge is 2.51. The molecule has 8 aliphatic rings. The summed E-state index contributed by atoms with van der Waals surface area (Å²) in [5.41, 5.74) is 65.0. The van der Waals surface area contributed by atoms with Crippen molar-refractivity contribution in [2.75, 3.05) is 94.9 Å². The molecule has 0 radical (unpaired) electrons. The van der Waals surface area contributed by atoms with Gasteiger partial charge in [0.1, 0.15) is 43.4 Å². The highest BCUT2D eigenvalue weighted by molar-refractivity contribution is 9.10. The van der Waals surface area contributed by atoms with Gasteiger partial charge in [0.25, 0.3) is 0 Å². The average molecular weight is 1860 g/mol. The lowest BCUT2D eigenvalue weighted by Gasteiger charge is -2.42. The SMILES string of the molecule is CCc1cnc2c(c1)[C@@H](N)C1(CCN(c3ncc(Sc4ccnc(N)c4Cl)nn3)CC1)C2.Cc1ccc2c(c1)[C@@H](N)C1(CCN(c3ncc(Sc4ccnc(N)c4Cl)nn3)CC1)C2.Cc1cccc2c1CC1(CCN(c3ncc(Sc4ccnc(N)c4Cl)nn3)CC1)[C@@H]2N.Nc1nccc(Sc2cnc(N3CCC4(CC3)Cc3ccccc3[C@H]4N)nn2)c1Br. The monoisotopic (exact) mass is 1860 g/mol. The molecule has 9 aromatic heterocycles. The second-order valence-electron chi connectivity index (χ2n) is 33.1. The summed E-state index contributed by atoms with van der Waals surface area (Å²) in [6, 6.07) is 31.7. The van der Waals surface area contributed by atoms with Crippen molar-refractivity contribution in [2.24, 2.45) is 44.6 Å². The number of halogens is 4. The topological polar surface area (TPSA) is 440 Å². The van der Waals surface area contributed by atoms with Gasteiger partial charge in [0.15, 0.2) is 0 Å². The van der Waals surface area contributed by atoms with E-state index in [-0.39, 0.29) is 45.8 Å². The summed E-state index contributed by atoms with van der Waals surface area (Å²) in [5, 5.41) is 38.7. The number of fused-ring (bicyclic) bond motifs is 4. The molecule has 37 heteroatoms. The molecule has 20 rings (SSSR count). The molecule has 16 N–H and O–H groups in total. The van der Waals surface area contributed by atoms with Crippen LogP contribution in [0.15, 0.2) is 191 Å². The summed E-state index contributed by atoms with van der Waals surface area (Å²) in [6.07, 6.45) is 28.7. The zero-order valence-corrected chi connectivity index (χ0v) is 75.8. The molecular weight excluding hydrogens is 1770 g/mol. The van der Waals surface area contributed by atoms with Crippen LogP contribution in [0.3, 0.4) is 0 Å². The number of piperidine rings is 4. The van der Waals surface area contributed by atoms with E-state index in [2.05, 4.69) is 204 Å². The van der Waals surface area contributed by atoms with E-state index in [1.165, 1.54) is 103 Å². The quantitative estimate of drug-likeness (QED) is 0.0531. The number of benzene rings is 3. The van der Waals surface area contributed by atoms with E-state index in [4.69, 9.17) is 85.7 Å². The largest absolute Gasteiger partial charge is 0.383 e. The summed E-state index contributed by atoms with van der Waals surface area (Å²) in [7, 11) is 0. The first kappa shape index (κ1) is 86.6. The summed E-state index contributed by atoms with van der Waals surface area (Å²) >= 11 is 27.7. The Hall–Kier alpha value is -9.56. The Morgan fingerprint density at radius 3 is 1.17 bits per heavy atom. The van der Waals surface area contributed by atoms with Gasteiger partial charge in [-0.15, -0.1) is 40.8 Å². The van der Waals surface area contributed by atoms with Gasteiger partial charge in [-0.25, -0.2) is 39.9 Å². The Balaban J connectivity index is 0.000000117. The van der Waals surface area contributed by atoms with Crippen molar-refractivity contribution in [3.63, 3.8) is 0 Å². The third kappa shape index (κ3) is 17.9. The molecule has 3 aromatic carbocycles. The highest BCUT2D eigenvalue weighted by atomic mass is 79.9. The van der Waals surface area contributed by atoms with Gasteiger partial charge in [-0.2, -0.15) is 0 Å². The molecule has 13 heterocycles. The van der Waals surface area contributed by atoms with E-state index < -0.39 is 0 Å². The van der Waals surface area contributed by atoms with E-state index in [9.17, 15) is 0 Å². The Morgan fingerprint density at radius 2 is 0.750 bits per heavy atom. The molecule has 4 fully saturated rings. The Kier molecular flexibility index (Phi) is 25.7. The molecule has 0 bridgehead atoms. The first-order valence-corrected chi connectivity index (χ1v) is 46.5. The van der Waals surface area contributed by atoms with Crippen molar-refractivity contribution < 1.29 is 0 Å². The molecule has 124 heavy (non-hydrogen) atoms. The van der Waals surface area contributed by atoms with Gasteiger partial charge in [-0.3, -0.25) is 4.98 Å². The van der Waals surface area contributed by atoms with Crippen molar-refractivity contribution in [1.82, 2.24) is 85.6 Å². The zero-order chi connectivity index (χ0) is 86.2. The van der Waals surface area contributed by atoms with E-state index in [0.29, 0.717) is 82.2 Å². The van der Waals surface area contributed by atoms with Gasteiger partial charge in [0.05, 0.1) is 44.3 Å². The molecule has 0 saturated carbocycles. The number of pyridine rings is 5. The number of aromatic nitrogens is 17. The average Bonchev–Trinajstić information content (AvgIpc) is 1.62. The molecule has 4 aliphatic carbocycles. The summed E-state index contributed by atoms with van der Waals surface area (Å²) in [5.74, 6) is 3.96. The molecule has 0 unspecified atom stereocenters. The molecule has 640 valence electrons. The van der Waals surface area contributed by atoms with Gasteiger partial charge in [-0.05, 0) is 209 Å². The second kappa shape index (κ2) is 36.8. The van der Waals surface area contributed by atoms with Gasteiger partial charge >= 0.3 is 0 Å². The normalized spacial score (nSPS) is 19.6. The molecule has 0 amide bonds. The Labute approximate surface area is 759 Å². The van der Waals surface area contributed by atoms with Crippen LogP contribution in [0.4, 0.5) is 47.1 Å². The maximum Gasteiger partial charge on any atom is 0.245 e. The smallest absolute Gasteiger partial charge is 0.245 e. The number of nitrogen functional groups attached to an aromatic ring is 4. The van der Waals surface area contributed by atoms with Gasteiger partial charge in [-0.1, -0.05) is 161 Å². The highest BCUT2D eigenvalue weighted by Crippen LogP contribution is 2.56. The van der Waals surface area contributed by atoms with Crippen LogP contribution in [0.5, 0.6) is 0 Å². The third-order valence-corrected chi connectivity index (χ3v) is 32.5. The lowest BCUT2D eigenvalue weighted by molar-refractivity contribution is 0.186. The molecular formula is C87H95BrCl3N29S4. The van der Waals surface area contributed by atoms with E-state index >= 15 is 0 Å². The van der Waals surface area contributed by atoms with Crippen molar-refractivity contribution in [3.05, 3.63) is 228 Å². The van der Waals surface area contributed by atoms with Crippen molar-refractivity contribution in [2.45, 2.75) is 168 Å². The maximum absolute atomic E-state index is 6.75. The lowest BCUT2D eigenvalue weighted by atomic mass is 9.73. The van der Waals surface area contributed by atoms with Gasteiger partial charge < -0.3 is 65.5 Å². The Bertz CT molecular complexity index is 5850. The standard InChI is InChI=1S/C22H25ClN8S.2C22H24ClN7S.C21H22BrN7S/c1-2-13-9-14-15(27-11-13)10-22(19(14)24)4-7-31(8-5-22)21-28-12-17(29-30-21)32-16-3-6-26-20(25)18(16)23;1-13-2-3-14-11-22(19(24)15(14)10-13)5-8-30(9-6-22)21-27-12-17(28-29-21)31-16-4-7-26-20(25)18(16)23;1-13-3-2-4-14-15(13)11-22(19(14)24)6-9-30(10-7-22)21-27-12-17(28-29-21)31-16-5-8-26-20(25)18(16)23;22-17-15(5-8-25-19(17)24)30-16-12-26-20(28-27-16)29-9-6-21(7-10-29)11-13-3-1-2-4-14(13)18(21)23/h3,6,9,11-12,19H,2,4-5,7-8,10,24H2,1H3,(H2,25,26);2-4,7,10,12,19H,5-6,8-9,11,24H2,1H3,(H2,25,26);2-5,8,12,19H,6-7,9-11,24H2,1H3,(H2,25,26);1-5,8,12,18H,6-7,9-11,23H2,(H2,24,25)/t3*19-;18-/m1111/s1. The summed E-state index contributed by atoms with van der Waals surface area (Å²) in [6.45, 7) is 13.5. The molecule has 4 spiro atoms. The van der Waals surface area contributed by atoms with Crippen LogP contribution in [0.1, 0.15) is 144 Å². The maximum atomic E-state index is 6.75. The van der Waals surface area contributed by atoms with Crippen LogP contribution >= 0.6 is 97.8 Å². The second-order valence-corrected chi connectivity index (χ2v) is 39.3. The van der Waals surface area contributed by atoms with Crippen LogP contribution < -0.4 is 65.5 Å². The van der Waals surface area contributed by atoms with Crippen LogP contribution in [-0.2, 0) is 32.1 Å². The first-order chi connectivity index (χ1) is 60.0. The van der Waals surface area contributed by atoms with E-state index in [1.54, 1.807) is 67.8 Å². The van der Waals surface area contributed by atoms with E-state index in [1.807, 2.05) is 12.3 Å². The van der Waals surface area contributed by atoms with Gasteiger partial charge in [0.2, 0.25) is 23.8 Å². The predicted molar refractivity (Wildman–Crippen MR) is 494 cm³/mol. The predicted octanol–water partition coefficient (Wildman–Crippen LogP) is 14.7. The number of rotatable bonds is 13. The number of hydrogen-bond acceptors (Lipinski definition) is 33. The van der Waals surface area contributed by atoms with Crippen LogP contribution in [0.25, 0.3) is 0 Å². The minimum atomic E-state index is 0.0361. The van der Waals surface area contributed by atoms with Gasteiger partial charge in [0, 0.05) is 133 Å².